The summed E-state index contributed by atoms with van der Waals surface area (Å²) in [7, 11) is -3.14. The highest BCUT2D eigenvalue weighted by molar-refractivity contribution is 7.89. The van der Waals surface area contributed by atoms with Crippen LogP contribution >= 0.6 is 0 Å². The van der Waals surface area contributed by atoms with Gasteiger partial charge in [-0.3, -0.25) is 4.79 Å². The minimum atomic E-state index is -4.75. The Kier molecular flexibility index (Phi) is 5.90. The van der Waals surface area contributed by atoms with Gasteiger partial charge < -0.3 is 9.88 Å². The molecule has 154 valence electrons. The number of rotatable bonds is 5. The van der Waals surface area contributed by atoms with E-state index in [9.17, 15) is 30.8 Å². The molecule has 0 saturated heterocycles. The second-order valence-electron chi connectivity index (χ2n) is 6.41. The maximum absolute atomic E-state index is 13.8. The lowest BCUT2D eigenvalue weighted by molar-refractivity contribution is -0.147. The molecule has 0 unspecified atom stereocenters. The molecule has 0 bridgehead atoms. The fourth-order valence-electron chi connectivity index (χ4n) is 2.36. The molecule has 2 aromatic rings. The van der Waals surface area contributed by atoms with Gasteiger partial charge >= 0.3 is 6.18 Å². The lowest BCUT2D eigenvalue weighted by atomic mass is 10.1. The Hall–Kier alpha value is -2.40. The number of halogens is 4. The average Bonchev–Trinajstić information content (AvgIpc) is 2.94. The fraction of sp³-hybridized carbons (Fsp3) is 0.353. The molecular weight excluding hydrogens is 402 g/mol. The minimum absolute atomic E-state index is 0.126. The monoisotopic (exact) mass is 421 g/mol. The molecule has 0 aliphatic heterocycles. The van der Waals surface area contributed by atoms with Gasteiger partial charge in [-0.15, -0.1) is 0 Å². The van der Waals surface area contributed by atoms with Crippen molar-refractivity contribution in [3.63, 3.8) is 0 Å². The fourth-order valence-corrected chi connectivity index (χ4v) is 3.66. The number of hydrogen-bond donors (Lipinski definition) is 2. The molecule has 1 aromatic heterocycles. The van der Waals surface area contributed by atoms with Crippen molar-refractivity contribution < 1.29 is 30.8 Å². The number of benzene rings is 1. The Morgan fingerprint density at radius 2 is 1.79 bits per heavy atom. The van der Waals surface area contributed by atoms with Crippen LogP contribution in [0.25, 0.3) is 0 Å². The van der Waals surface area contributed by atoms with Crippen molar-refractivity contribution in [3.8, 4) is 0 Å². The van der Waals surface area contributed by atoms with Gasteiger partial charge in [0.2, 0.25) is 10.0 Å². The maximum Gasteiger partial charge on any atom is 0.404 e. The molecule has 6 nitrogen and oxygen atoms in total. The second kappa shape index (κ2) is 7.55. The van der Waals surface area contributed by atoms with E-state index in [4.69, 9.17) is 0 Å². The quantitative estimate of drug-likeness (QED) is 0.728. The maximum atomic E-state index is 13.8. The number of hydrogen-bond acceptors (Lipinski definition) is 3. The molecule has 0 saturated carbocycles. The number of nitrogens with zero attached hydrogens (tertiary/aromatic N) is 1. The van der Waals surface area contributed by atoms with Crippen LogP contribution in [0.2, 0.25) is 0 Å². The van der Waals surface area contributed by atoms with E-state index >= 15 is 0 Å². The van der Waals surface area contributed by atoms with E-state index in [-0.39, 0.29) is 11.4 Å². The predicted molar refractivity (Wildman–Crippen MR) is 95.1 cm³/mol. The molecule has 0 spiro atoms. The predicted octanol–water partition coefficient (Wildman–Crippen LogP) is 3.26. The van der Waals surface area contributed by atoms with Crippen molar-refractivity contribution >= 4 is 21.6 Å². The summed E-state index contributed by atoms with van der Waals surface area (Å²) in [6.07, 6.45) is -3.74. The van der Waals surface area contributed by atoms with Gasteiger partial charge in [0.25, 0.3) is 5.91 Å². The summed E-state index contributed by atoms with van der Waals surface area (Å²) in [4.78, 5) is 11.9. The summed E-state index contributed by atoms with van der Waals surface area (Å²) in [6.45, 7) is 3.91. The zero-order valence-corrected chi connectivity index (χ0v) is 16.3. The zero-order valence-electron chi connectivity index (χ0n) is 15.5. The molecule has 28 heavy (non-hydrogen) atoms. The van der Waals surface area contributed by atoms with Gasteiger partial charge in [-0.2, -0.15) is 17.9 Å². The van der Waals surface area contributed by atoms with Crippen molar-refractivity contribution in [2.45, 2.75) is 37.9 Å². The average molecular weight is 421 g/mol. The standard InChI is InChI=1S/C17H19F4N3O3S/c1-9-5-12(6-14(18)10(9)2)22-16(25)15-7-13(8-24(15)4)28(26,27)23-11(3)17(19,20)21/h5-8,11,23H,1-4H3,(H,22,25)/t11-/m0/s1. The van der Waals surface area contributed by atoms with E-state index in [0.29, 0.717) is 18.1 Å². The first-order chi connectivity index (χ1) is 12.7. The summed E-state index contributed by atoms with van der Waals surface area (Å²) in [6, 6.07) is 1.31. The van der Waals surface area contributed by atoms with Crippen LogP contribution in [0.3, 0.4) is 0 Å². The Balaban J connectivity index is 2.27. The number of amides is 1. The van der Waals surface area contributed by atoms with E-state index in [1.165, 1.54) is 11.8 Å². The molecule has 0 aliphatic rings. The van der Waals surface area contributed by atoms with Gasteiger partial charge in [0.05, 0.1) is 0 Å². The highest BCUT2D eigenvalue weighted by atomic mass is 32.2. The third-order valence-corrected chi connectivity index (χ3v) is 5.72. The van der Waals surface area contributed by atoms with Crippen molar-refractivity contribution in [1.82, 2.24) is 9.29 Å². The number of nitrogens with one attached hydrogen (secondary N) is 2. The normalized spacial score (nSPS) is 13.4. The summed E-state index contributed by atoms with van der Waals surface area (Å²) in [5.41, 5.74) is 1.07. The zero-order chi connectivity index (χ0) is 21.4. The van der Waals surface area contributed by atoms with Gasteiger partial charge in [0.15, 0.2) is 0 Å². The van der Waals surface area contributed by atoms with Crippen LogP contribution in [-0.2, 0) is 17.1 Å². The molecule has 1 aromatic carbocycles. The Morgan fingerprint density at radius 3 is 2.32 bits per heavy atom. The first-order valence-electron chi connectivity index (χ1n) is 8.06. The van der Waals surface area contributed by atoms with Crippen molar-refractivity contribution in [2.75, 3.05) is 5.32 Å². The van der Waals surface area contributed by atoms with Crippen LogP contribution in [0.15, 0.2) is 29.3 Å². The van der Waals surface area contributed by atoms with Crippen LogP contribution < -0.4 is 10.0 Å². The van der Waals surface area contributed by atoms with Crippen molar-refractivity contribution in [3.05, 3.63) is 47.0 Å². The van der Waals surface area contributed by atoms with Crippen LogP contribution in [0, 0.1) is 19.7 Å². The molecule has 1 amide bonds. The van der Waals surface area contributed by atoms with Crippen molar-refractivity contribution in [1.29, 1.82) is 0 Å². The summed E-state index contributed by atoms with van der Waals surface area (Å²) >= 11 is 0. The number of sulfonamides is 1. The van der Waals surface area contributed by atoms with Gasteiger partial charge in [0, 0.05) is 18.9 Å². The number of alkyl halides is 3. The van der Waals surface area contributed by atoms with Gasteiger partial charge in [-0.1, -0.05) is 0 Å². The van der Waals surface area contributed by atoms with Crippen LogP contribution in [-0.4, -0.2) is 31.1 Å². The van der Waals surface area contributed by atoms with Crippen LogP contribution in [0.1, 0.15) is 28.5 Å². The molecule has 1 heterocycles. The smallest absolute Gasteiger partial charge is 0.345 e. The van der Waals surface area contributed by atoms with Gasteiger partial charge in [-0.05, 0) is 50.1 Å². The molecule has 0 radical (unpaired) electrons. The van der Waals surface area contributed by atoms with E-state index in [2.05, 4.69) is 5.32 Å². The number of aryl methyl sites for hydroxylation is 2. The Labute approximate surface area is 159 Å². The lowest BCUT2D eigenvalue weighted by Gasteiger charge is -2.16. The number of carbonyl (C=O) groups is 1. The van der Waals surface area contributed by atoms with E-state index in [0.717, 1.165) is 22.9 Å². The third-order valence-electron chi connectivity index (χ3n) is 4.21. The number of aromatic nitrogens is 1. The molecule has 2 rings (SSSR count). The first kappa shape index (κ1) is 21.9. The third kappa shape index (κ3) is 4.71. The van der Waals surface area contributed by atoms with Gasteiger partial charge in [0.1, 0.15) is 22.4 Å². The molecule has 0 aliphatic carbocycles. The highest BCUT2D eigenvalue weighted by Gasteiger charge is 2.39. The molecule has 0 fully saturated rings. The number of carbonyl (C=O) groups excluding carboxylic acids is 1. The minimum Gasteiger partial charge on any atom is -0.345 e. The Morgan fingerprint density at radius 1 is 1.18 bits per heavy atom. The largest absolute Gasteiger partial charge is 0.404 e. The van der Waals surface area contributed by atoms with Crippen LogP contribution in [0.5, 0.6) is 0 Å². The molecule has 2 N–H and O–H groups in total. The SMILES string of the molecule is Cc1cc(NC(=O)c2cc(S(=O)(=O)N[C@@H](C)C(F)(F)F)cn2C)cc(F)c1C. The van der Waals surface area contributed by atoms with E-state index in [1.54, 1.807) is 19.9 Å². The van der Waals surface area contributed by atoms with Gasteiger partial charge in [-0.25, -0.2) is 12.8 Å². The van der Waals surface area contributed by atoms with E-state index in [1.807, 2.05) is 0 Å². The summed E-state index contributed by atoms with van der Waals surface area (Å²) < 4.78 is 78.6. The molecule has 11 heteroatoms. The summed E-state index contributed by atoms with van der Waals surface area (Å²) in [5, 5.41) is 2.44. The Bertz CT molecular complexity index is 990. The second-order valence-corrected chi connectivity index (χ2v) is 8.12. The topological polar surface area (TPSA) is 80.2 Å². The number of anilines is 1. The lowest BCUT2D eigenvalue weighted by Crippen LogP contribution is -2.42. The molecular formula is C17H19F4N3O3S. The molecule has 1 atom stereocenters. The first-order valence-corrected chi connectivity index (χ1v) is 9.54. The van der Waals surface area contributed by atoms with E-state index < -0.39 is 38.9 Å². The summed E-state index contributed by atoms with van der Waals surface area (Å²) in [5.74, 6) is -1.26. The highest BCUT2D eigenvalue weighted by Crippen LogP contribution is 2.23. The van der Waals surface area contributed by atoms with Crippen LogP contribution in [0.4, 0.5) is 23.2 Å². The van der Waals surface area contributed by atoms with Crippen molar-refractivity contribution in [2.24, 2.45) is 7.05 Å².